The highest BCUT2D eigenvalue weighted by Crippen LogP contribution is 2.24. The van der Waals surface area contributed by atoms with E-state index >= 15 is 0 Å². The summed E-state index contributed by atoms with van der Waals surface area (Å²) in [5, 5.41) is 12.3. The van der Waals surface area contributed by atoms with Crippen LogP contribution in [0.3, 0.4) is 0 Å². The number of hydrogen-bond donors (Lipinski definition) is 2. The summed E-state index contributed by atoms with van der Waals surface area (Å²) in [6.07, 6.45) is -0.453. The van der Waals surface area contributed by atoms with E-state index in [1.165, 1.54) is 0 Å². The molecule has 1 aromatic rings. The van der Waals surface area contributed by atoms with E-state index in [1.54, 1.807) is 39.8 Å². The smallest absolute Gasteiger partial charge is 0.412 e. The van der Waals surface area contributed by atoms with Crippen molar-refractivity contribution in [3.05, 3.63) is 28.8 Å². The molecule has 0 aliphatic heterocycles. The maximum absolute atomic E-state index is 11.6. The van der Waals surface area contributed by atoms with Crippen LogP contribution in [0.25, 0.3) is 0 Å². The summed E-state index contributed by atoms with van der Waals surface area (Å²) in [6.45, 7) is 7.08. The SMILES string of the molecule is C[C@@H](O)Cc1ccc(NC(=O)OC(C)(C)C)c(Cl)c1. The number of carbonyl (C=O) groups excluding carboxylic acids is 1. The fourth-order valence-electron chi connectivity index (χ4n) is 1.54. The number of anilines is 1. The minimum Gasteiger partial charge on any atom is -0.444 e. The highest BCUT2D eigenvalue weighted by atomic mass is 35.5. The molecule has 106 valence electrons. The summed E-state index contributed by atoms with van der Waals surface area (Å²) in [7, 11) is 0. The van der Waals surface area contributed by atoms with E-state index in [4.69, 9.17) is 16.3 Å². The van der Waals surface area contributed by atoms with Crippen LogP contribution < -0.4 is 5.32 Å². The standard InChI is InChI=1S/C14H20ClNO3/c1-9(17)7-10-5-6-12(11(15)8-10)16-13(18)19-14(2,3)4/h5-6,8-9,17H,7H2,1-4H3,(H,16,18)/t9-/m1/s1. The minimum absolute atomic E-state index is 0.420. The first-order valence-electron chi connectivity index (χ1n) is 6.14. The normalized spacial score (nSPS) is 12.9. The van der Waals surface area contributed by atoms with Crippen molar-refractivity contribution >= 4 is 23.4 Å². The molecule has 0 fully saturated rings. The Hall–Kier alpha value is -1.26. The lowest BCUT2D eigenvalue weighted by Crippen LogP contribution is -2.27. The molecule has 0 heterocycles. The van der Waals surface area contributed by atoms with Gasteiger partial charge in [0.1, 0.15) is 5.60 Å². The van der Waals surface area contributed by atoms with Crippen molar-refractivity contribution in [1.29, 1.82) is 0 Å². The molecule has 1 atom stereocenters. The van der Waals surface area contributed by atoms with E-state index < -0.39 is 17.8 Å². The average molecular weight is 286 g/mol. The minimum atomic E-state index is -0.553. The highest BCUT2D eigenvalue weighted by Gasteiger charge is 2.17. The number of aliphatic hydroxyl groups is 1. The van der Waals surface area contributed by atoms with Gasteiger partial charge in [-0.1, -0.05) is 17.7 Å². The zero-order valence-corrected chi connectivity index (χ0v) is 12.4. The van der Waals surface area contributed by atoms with Crippen molar-refractivity contribution in [2.45, 2.75) is 45.8 Å². The van der Waals surface area contributed by atoms with Gasteiger partial charge in [-0.2, -0.15) is 0 Å². The number of carbonyl (C=O) groups is 1. The zero-order chi connectivity index (χ0) is 14.6. The Morgan fingerprint density at radius 1 is 1.47 bits per heavy atom. The second-order valence-electron chi connectivity index (χ2n) is 5.49. The first kappa shape index (κ1) is 15.8. The third-order valence-electron chi connectivity index (χ3n) is 2.20. The molecular weight excluding hydrogens is 266 g/mol. The third-order valence-corrected chi connectivity index (χ3v) is 2.51. The van der Waals surface area contributed by atoms with Crippen LogP contribution in [-0.2, 0) is 11.2 Å². The van der Waals surface area contributed by atoms with E-state index in [1.807, 2.05) is 6.07 Å². The van der Waals surface area contributed by atoms with Crippen LogP contribution in [-0.4, -0.2) is 22.9 Å². The Morgan fingerprint density at radius 3 is 2.58 bits per heavy atom. The van der Waals surface area contributed by atoms with Gasteiger partial charge in [0.15, 0.2) is 0 Å². The molecular formula is C14H20ClNO3. The van der Waals surface area contributed by atoms with Crippen LogP contribution in [0.2, 0.25) is 5.02 Å². The molecule has 0 saturated heterocycles. The molecule has 0 bridgehead atoms. The Labute approximate surface area is 118 Å². The first-order chi connectivity index (χ1) is 8.67. The Morgan fingerprint density at radius 2 is 2.11 bits per heavy atom. The number of hydrogen-bond acceptors (Lipinski definition) is 3. The van der Waals surface area contributed by atoms with E-state index in [9.17, 15) is 9.90 Å². The molecule has 0 saturated carbocycles. The van der Waals surface area contributed by atoms with Gasteiger partial charge >= 0.3 is 6.09 Å². The topological polar surface area (TPSA) is 58.6 Å². The van der Waals surface area contributed by atoms with Gasteiger partial charge in [0.2, 0.25) is 0 Å². The summed E-state index contributed by atoms with van der Waals surface area (Å²) in [5.74, 6) is 0. The molecule has 0 unspecified atom stereocenters. The van der Waals surface area contributed by atoms with Crippen molar-refractivity contribution in [2.24, 2.45) is 0 Å². The second kappa shape index (κ2) is 6.26. The molecule has 0 aliphatic carbocycles. The van der Waals surface area contributed by atoms with E-state index in [0.29, 0.717) is 17.1 Å². The van der Waals surface area contributed by atoms with Crippen molar-refractivity contribution in [2.75, 3.05) is 5.32 Å². The molecule has 1 rings (SSSR count). The molecule has 1 amide bonds. The van der Waals surface area contributed by atoms with E-state index in [0.717, 1.165) is 5.56 Å². The van der Waals surface area contributed by atoms with Crippen LogP contribution in [0.15, 0.2) is 18.2 Å². The van der Waals surface area contributed by atoms with Crippen molar-refractivity contribution < 1.29 is 14.6 Å². The summed E-state index contributed by atoms with van der Waals surface area (Å²) in [6, 6.07) is 5.23. The fraction of sp³-hybridized carbons (Fsp3) is 0.500. The van der Waals surface area contributed by atoms with E-state index in [2.05, 4.69) is 5.32 Å². The average Bonchev–Trinajstić information content (AvgIpc) is 2.18. The van der Waals surface area contributed by atoms with Crippen LogP contribution >= 0.6 is 11.6 Å². The summed E-state index contributed by atoms with van der Waals surface area (Å²) in [5.41, 5.74) is 0.850. The number of aliphatic hydroxyl groups excluding tert-OH is 1. The van der Waals surface area contributed by atoms with Gasteiger partial charge in [0.05, 0.1) is 16.8 Å². The predicted molar refractivity (Wildman–Crippen MR) is 76.7 cm³/mol. The quantitative estimate of drug-likeness (QED) is 0.892. The molecule has 1 aromatic carbocycles. The molecule has 0 spiro atoms. The fourth-order valence-corrected chi connectivity index (χ4v) is 1.79. The van der Waals surface area contributed by atoms with Gasteiger partial charge in [-0.25, -0.2) is 4.79 Å². The molecule has 4 nitrogen and oxygen atoms in total. The molecule has 0 aromatic heterocycles. The molecule has 2 N–H and O–H groups in total. The summed E-state index contributed by atoms with van der Waals surface area (Å²) in [4.78, 5) is 11.6. The lowest BCUT2D eigenvalue weighted by atomic mass is 10.1. The van der Waals surface area contributed by atoms with Gasteiger partial charge in [-0.3, -0.25) is 5.32 Å². The predicted octanol–water partition coefficient (Wildman–Crippen LogP) is 3.61. The van der Waals surface area contributed by atoms with Gasteiger partial charge in [-0.15, -0.1) is 0 Å². The Balaban J connectivity index is 2.72. The first-order valence-corrected chi connectivity index (χ1v) is 6.51. The van der Waals surface area contributed by atoms with Gasteiger partial charge < -0.3 is 9.84 Å². The number of benzene rings is 1. The van der Waals surface area contributed by atoms with Crippen molar-refractivity contribution in [1.82, 2.24) is 0 Å². The number of rotatable bonds is 3. The van der Waals surface area contributed by atoms with Crippen molar-refractivity contribution in [3.63, 3.8) is 0 Å². The molecule has 0 aliphatic rings. The second-order valence-corrected chi connectivity index (χ2v) is 5.90. The monoisotopic (exact) mass is 285 g/mol. The van der Waals surface area contributed by atoms with Crippen LogP contribution in [0.1, 0.15) is 33.3 Å². The maximum Gasteiger partial charge on any atom is 0.412 e. The Kier molecular flexibility index (Phi) is 5.20. The van der Waals surface area contributed by atoms with Gasteiger partial charge in [0, 0.05) is 0 Å². The number of nitrogens with one attached hydrogen (secondary N) is 1. The van der Waals surface area contributed by atoms with E-state index in [-0.39, 0.29) is 0 Å². The molecule has 19 heavy (non-hydrogen) atoms. The van der Waals surface area contributed by atoms with Gasteiger partial charge in [0.25, 0.3) is 0 Å². The van der Waals surface area contributed by atoms with Crippen molar-refractivity contribution in [3.8, 4) is 0 Å². The van der Waals surface area contributed by atoms with Crippen LogP contribution in [0, 0.1) is 0 Å². The highest BCUT2D eigenvalue weighted by molar-refractivity contribution is 6.33. The largest absolute Gasteiger partial charge is 0.444 e. The Bertz CT molecular complexity index is 452. The third kappa shape index (κ3) is 5.94. The summed E-state index contributed by atoms with van der Waals surface area (Å²) >= 11 is 6.08. The number of halogens is 1. The molecule has 0 radical (unpaired) electrons. The summed E-state index contributed by atoms with van der Waals surface area (Å²) < 4.78 is 5.14. The lowest BCUT2D eigenvalue weighted by Gasteiger charge is -2.20. The molecule has 5 heteroatoms. The van der Waals surface area contributed by atoms with Crippen LogP contribution in [0.5, 0.6) is 0 Å². The number of amides is 1. The zero-order valence-electron chi connectivity index (χ0n) is 11.7. The maximum atomic E-state index is 11.6. The lowest BCUT2D eigenvalue weighted by molar-refractivity contribution is 0.0636. The van der Waals surface area contributed by atoms with Crippen LogP contribution in [0.4, 0.5) is 10.5 Å². The number of ether oxygens (including phenoxy) is 1. The van der Waals surface area contributed by atoms with Gasteiger partial charge in [-0.05, 0) is 51.8 Å².